The SMILES string of the molecule is CCn1c(CC(CN)CC(C)C)nc2cc(Cl)ccc21. The summed E-state index contributed by atoms with van der Waals surface area (Å²) in [6.07, 6.45) is 2.08. The van der Waals surface area contributed by atoms with E-state index in [1.807, 2.05) is 12.1 Å². The summed E-state index contributed by atoms with van der Waals surface area (Å²) in [5.41, 5.74) is 8.06. The fourth-order valence-corrected chi connectivity index (χ4v) is 3.02. The van der Waals surface area contributed by atoms with Crippen molar-refractivity contribution >= 4 is 22.6 Å². The minimum atomic E-state index is 0.493. The van der Waals surface area contributed by atoms with E-state index in [1.54, 1.807) is 0 Å². The van der Waals surface area contributed by atoms with Crippen molar-refractivity contribution in [2.45, 2.75) is 40.2 Å². The molecule has 2 aromatic rings. The van der Waals surface area contributed by atoms with Gasteiger partial charge < -0.3 is 10.3 Å². The number of hydrogen-bond acceptors (Lipinski definition) is 2. The Hall–Kier alpha value is -1.06. The zero-order valence-electron chi connectivity index (χ0n) is 12.6. The van der Waals surface area contributed by atoms with E-state index in [9.17, 15) is 0 Å². The number of nitrogens with zero attached hydrogens (tertiary/aromatic N) is 2. The predicted octanol–water partition coefficient (Wildman–Crippen LogP) is 3.87. The number of aromatic nitrogens is 2. The zero-order valence-corrected chi connectivity index (χ0v) is 13.3. The largest absolute Gasteiger partial charge is 0.330 e. The van der Waals surface area contributed by atoms with Crippen molar-refractivity contribution < 1.29 is 0 Å². The second-order valence-electron chi connectivity index (χ2n) is 5.84. The minimum Gasteiger partial charge on any atom is -0.330 e. The topological polar surface area (TPSA) is 43.8 Å². The molecule has 0 aliphatic carbocycles. The molecule has 0 aliphatic heterocycles. The molecule has 0 bridgehead atoms. The molecule has 2 rings (SSSR count). The van der Waals surface area contributed by atoms with E-state index in [2.05, 4.69) is 31.4 Å². The van der Waals surface area contributed by atoms with Gasteiger partial charge in [0.2, 0.25) is 0 Å². The van der Waals surface area contributed by atoms with E-state index in [0.717, 1.165) is 41.3 Å². The van der Waals surface area contributed by atoms with Crippen LogP contribution in [-0.4, -0.2) is 16.1 Å². The average Bonchev–Trinajstić information content (AvgIpc) is 2.73. The molecule has 1 heterocycles. The summed E-state index contributed by atoms with van der Waals surface area (Å²) >= 11 is 6.06. The highest BCUT2D eigenvalue weighted by atomic mass is 35.5. The molecule has 0 radical (unpaired) electrons. The van der Waals surface area contributed by atoms with Crippen molar-refractivity contribution in [2.75, 3.05) is 6.54 Å². The molecule has 0 aliphatic rings. The molecule has 0 saturated heterocycles. The summed E-state index contributed by atoms with van der Waals surface area (Å²) in [6.45, 7) is 8.27. The molecular formula is C16H24ClN3. The van der Waals surface area contributed by atoms with Gasteiger partial charge in [0.15, 0.2) is 0 Å². The first-order chi connectivity index (χ1) is 9.55. The van der Waals surface area contributed by atoms with Gasteiger partial charge in [-0.2, -0.15) is 0 Å². The second-order valence-corrected chi connectivity index (χ2v) is 6.28. The van der Waals surface area contributed by atoms with Crippen LogP contribution in [0.15, 0.2) is 18.2 Å². The lowest BCUT2D eigenvalue weighted by atomic mass is 9.94. The molecule has 0 saturated carbocycles. The number of nitrogens with two attached hydrogens (primary N) is 1. The van der Waals surface area contributed by atoms with Crippen LogP contribution in [0.4, 0.5) is 0 Å². The molecule has 20 heavy (non-hydrogen) atoms. The maximum atomic E-state index is 6.06. The first-order valence-electron chi connectivity index (χ1n) is 7.39. The molecule has 3 nitrogen and oxygen atoms in total. The molecule has 4 heteroatoms. The molecule has 1 unspecified atom stereocenters. The van der Waals surface area contributed by atoms with Gasteiger partial charge in [-0.3, -0.25) is 0 Å². The lowest BCUT2D eigenvalue weighted by molar-refractivity contribution is 0.404. The van der Waals surface area contributed by atoms with Gasteiger partial charge in [0, 0.05) is 18.0 Å². The van der Waals surface area contributed by atoms with Crippen LogP contribution < -0.4 is 5.73 Å². The van der Waals surface area contributed by atoms with Gasteiger partial charge >= 0.3 is 0 Å². The molecule has 1 aromatic carbocycles. The van der Waals surface area contributed by atoms with Gasteiger partial charge in [-0.1, -0.05) is 25.4 Å². The quantitative estimate of drug-likeness (QED) is 0.878. The number of rotatable bonds is 6. The fourth-order valence-electron chi connectivity index (χ4n) is 2.85. The third-order valence-electron chi connectivity index (χ3n) is 3.71. The van der Waals surface area contributed by atoms with Gasteiger partial charge in [-0.05, 0) is 49.9 Å². The fraction of sp³-hybridized carbons (Fsp3) is 0.562. The number of fused-ring (bicyclic) bond motifs is 1. The predicted molar refractivity (Wildman–Crippen MR) is 86.1 cm³/mol. The van der Waals surface area contributed by atoms with Crippen LogP contribution in [0.3, 0.4) is 0 Å². The van der Waals surface area contributed by atoms with E-state index in [1.165, 1.54) is 0 Å². The zero-order chi connectivity index (χ0) is 14.7. The lowest BCUT2D eigenvalue weighted by Gasteiger charge is -2.17. The van der Waals surface area contributed by atoms with Crippen LogP contribution in [0.5, 0.6) is 0 Å². The third kappa shape index (κ3) is 3.33. The van der Waals surface area contributed by atoms with Crippen molar-refractivity contribution in [3.63, 3.8) is 0 Å². The Bertz CT molecular complexity index is 574. The number of benzene rings is 1. The maximum Gasteiger partial charge on any atom is 0.110 e. The number of imidazole rings is 1. The highest BCUT2D eigenvalue weighted by molar-refractivity contribution is 6.31. The van der Waals surface area contributed by atoms with E-state index < -0.39 is 0 Å². The minimum absolute atomic E-state index is 0.493. The summed E-state index contributed by atoms with van der Waals surface area (Å²) < 4.78 is 2.27. The van der Waals surface area contributed by atoms with E-state index in [0.29, 0.717) is 18.4 Å². The van der Waals surface area contributed by atoms with E-state index >= 15 is 0 Å². The Balaban J connectivity index is 2.33. The first-order valence-corrected chi connectivity index (χ1v) is 7.77. The summed E-state index contributed by atoms with van der Waals surface area (Å²) in [5.74, 6) is 2.28. The van der Waals surface area contributed by atoms with Crippen LogP contribution >= 0.6 is 11.6 Å². The van der Waals surface area contributed by atoms with Gasteiger partial charge in [-0.15, -0.1) is 0 Å². The van der Waals surface area contributed by atoms with E-state index in [-0.39, 0.29) is 0 Å². The van der Waals surface area contributed by atoms with E-state index in [4.69, 9.17) is 22.3 Å². The molecule has 1 aromatic heterocycles. The summed E-state index contributed by atoms with van der Waals surface area (Å²) in [5, 5.41) is 0.738. The Morgan fingerprint density at radius 3 is 2.70 bits per heavy atom. The van der Waals surface area contributed by atoms with Crippen LogP contribution in [0.1, 0.15) is 33.0 Å². The summed E-state index contributed by atoms with van der Waals surface area (Å²) in [7, 11) is 0. The highest BCUT2D eigenvalue weighted by Crippen LogP contribution is 2.23. The lowest BCUT2D eigenvalue weighted by Crippen LogP contribution is -2.20. The highest BCUT2D eigenvalue weighted by Gasteiger charge is 2.16. The van der Waals surface area contributed by atoms with Gasteiger partial charge in [-0.25, -0.2) is 4.98 Å². The molecule has 0 amide bonds. The molecular weight excluding hydrogens is 270 g/mol. The van der Waals surface area contributed by atoms with Crippen molar-refractivity contribution in [3.8, 4) is 0 Å². The van der Waals surface area contributed by atoms with Gasteiger partial charge in [0.25, 0.3) is 0 Å². The number of aryl methyl sites for hydroxylation is 1. The Labute approximate surface area is 126 Å². The Morgan fingerprint density at radius 2 is 2.10 bits per heavy atom. The Kier molecular flexibility index (Phi) is 5.06. The Morgan fingerprint density at radius 1 is 1.35 bits per heavy atom. The number of halogens is 1. The average molecular weight is 294 g/mol. The van der Waals surface area contributed by atoms with Crippen molar-refractivity contribution in [2.24, 2.45) is 17.6 Å². The van der Waals surface area contributed by atoms with Crippen LogP contribution in [0.2, 0.25) is 5.02 Å². The molecule has 0 fully saturated rings. The third-order valence-corrected chi connectivity index (χ3v) is 3.95. The monoisotopic (exact) mass is 293 g/mol. The van der Waals surface area contributed by atoms with Crippen LogP contribution in [-0.2, 0) is 13.0 Å². The summed E-state index contributed by atoms with van der Waals surface area (Å²) in [4.78, 5) is 4.76. The normalized spacial score (nSPS) is 13.3. The first kappa shape index (κ1) is 15.3. The molecule has 1 atom stereocenters. The maximum absolute atomic E-state index is 6.06. The van der Waals surface area contributed by atoms with Crippen molar-refractivity contribution in [1.29, 1.82) is 0 Å². The second kappa shape index (κ2) is 6.59. The molecule has 0 spiro atoms. The summed E-state index contributed by atoms with van der Waals surface area (Å²) in [6, 6.07) is 5.92. The molecule has 110 valence electrons. The van der Waals surface area contributed by atoms with Gasteiger partial charge in [0.1, 0.15) is 5.82 Å². The van der Waals surface area contributed by atoms with Crippen molar-refractivity contribution in [3.05, 3.63) is 29.0 Å². The smallest absolute Gasteiger partial charge is 0.110 e. The van der Waals surface area contributed by atoms with Crippen molar-refractivity contribution in [1.82, 2.24) is 9.55 Å². The van der Waals surface area contributed by atoms with Crippen LogP contribution in [0.25, 0.3) is 11.0 Å². The van der Waals surface area contributed by atoms with Crippen LogP contribution in [0, 0.1) is 11.8 Å². The number of hydrogen-bond donors (Lipinski definition) is 1. The standard InChI is InChI=1S/C16H24ClN3/c1-4-20-15-6-5-13(17)9-14(15)19-16(20)8-12(10-18)7-11(2)3/h5-6,9,11-12H,4,7-8,10,18H2,1-3H3. The molecule has 2 N–H and O–H groups in total. The van der Waals surface area contributed by atoms with Gasteiger partial charge in [0.05, 0.1) is 11.0 Å².